The lowest BCUT2D eigenvalue weighted by Crippen LogP contribution is -2.41. The van der Waals surface area contributed by atoms with Crippen molar-refractivity contribution in [1.82, 2.24) is 5.32 Å². The van der Waals surface area contributed by atoms with Crippen LogP contribution in [0.1, 0.15) is 32.6 Å². The van der Waals surface area contributed by atoms with E-state index in [1.165, 1.54) is 36.8 Å². The van der Waals surface area contributed by atoms with Gasteiger partial charge in [0.25, 0.3) is 0 Å². The number of rotatable bonds is 8. The summed E-state index contributed by atoms with van der Waals surface area (Å²) < 4.78 is 5.78. The van der Waals surface area contributed by atoms with Gasteiger partial charge in [-0.1, -0.05) is 48.9 Å². The molecule has 2 bridgehead atoms. The van der Waals surface area contributed by atoms with Crippen LogP contribution in [0.3, 0.4) is 0 Å². The topological polar surface area (TPSA) is 41.5 Å². The van der Waals surface area contributed by atoms with Crippen LogP contribution in [-0.2, 0) is 0 Å². The fourth-order valence-electron chi connectivity index (χ4n) is 5.01. The molecular weight excluding hydrogens is 334 g/mol. The Morgan fingerprint density at radius 2 is 1.74 bits per heavy atom. The van der Waals surface area contributed by atoms with Gasteiger partial charge in [-0.15, -0.1) is 0 Å². The highest BCUT2D eigenvalue weighted by atomic mass is 16.5. The average Bonchev–Trinajstić information content (AvgIpc) is 3.35. The lowest BCUT2D eigenvalue weighted by molar-refractivity contribution is 0.0993. The Labute approximate surface area is 162 Å². The van der Waals surface area contributed by atoms with Gasteiger partial charge in [0.05, 0.1) is 0 Å². The molecule has 2 aliphatic rings. The summed E-state index contributed by atoms with van der Waals surface area (Å²) >= 11 is 0. The first-order chi connectivity index (χ1) is 13.2. The Hall–Kier alpha value is -1.84. The van der Waals surface area contributed by atoms with Gasteiger partial charge in [-0.3, -0.25) is 0 Å². The van der Waals surface area contributed by atoms with Crippen molar-refractivity contribution in [2.45, 2.75) is 44.8 Å². The summed E-state index contributed by atoms with van der Waals surface area (Å²) in [5.41, 5.74) is 2.37. The minimum atomic E-state index is -0.486. The fourth-order valence-corrected chi connectivity index (χ4v) is 5.01. The molecule has 3 heteroatoms. The fraction of sp³-hybridized carbons (Fsp3) is 0.500. The number of aliphatic hydroxyl groups excluding tert-OH is 1. The molecule has 2 aliphatic carbocycles. The summed E-state index contributed by atoms with van der Waals surface area (Å²) in [6, 6.07) is 18.9. The maximum atomic E-state index is 10.3. The van der Waals surface area contributed by atoms with Crippen molar-refractivity contribution in [3.8, 4) is 16.9 Å². The Kier molecular flexibility index (Phi) is 5.80. The second-order valence-corrected chi connectivity index (χ2v) is 8.39. The molecule has 0 unspecified atom stereocenters. The molecule has 0 radical (unpaired) electrons. The lowest BCUT2D eigenvalue weighted by Gasteiger charge is -2.29. The Morgan fingerprint density at radius 1 is 1.00 bits per heavy atom. The Balaban J connectivity index is 1.20. The van der Waals surface area contributed by atoms with Crippen LogP contribution in [0.25, 0.3) is 11.1 Å². The summed E-state index contributed by atoms with van der Waals surface area (Å²) in [5, 5.41) is 13.8. The van der Waals surface area contributed by atoms with E-state index in [0.29, 0.717) is 19.2 Å². The van der Waals surface area contributed by atoms with E-state index in [4.69, 9.17) is 4.74 Å². The third kappa shape index (κ3) is 4.53. The number of hydrogen-bond donors (Lipinski definition) is 2. The quantitative estimate of drug-likeness (QED) is 0.723. The molecule has 0 aromatic heterocycles. The maximum Gasteiger partial charge on any atom is 0.119 e. The second kappa shape index (κ2) is 8.45. The first kappa shape index (κ1) is 18.5. The van der Waals surface area contributed by atoms with Crippen molar-refractivity contribution in [2.24, 2.45) is 17.8 Å². The number of aliphatic hydroxyl groups is 1. The number of ether oxygens (including phenoxy) is 1. The third-order valence-corrected chi connectivity index (χ3v) is 6.51. The van der Waals surface area contributed by atoms with E-state index in [1.807, 2.05) is 30.3 Å². The molecule has 0 spiro atoms. The van der Waals surface area contributed by atoms with Crippen molar-refractivity contribution in [2.75, 3.05) is 13.2 Å². The van der Waals surface area contributed by atoms with E-state index in [9.17, 15) is 5.11 Å². The molecule has 27 heavy (non-hydrogen) atoms. The van der Waals surface area contributed by atoms with Gasteiger partial charge in [0.15, 0.2) is 0 Å². The summed E-state index contributed by atoms with van der Waals surface area (Å²) in [4.78, 5) is 0. The first-order valence-electron chi connectivity index (χ1n) is 10.4. The van der Waals surface area contributed by atoms with Gasteiger partial charge >= 0.3 is 0 Å². The summed E-state index contributed by atoms with van der Waals surface area (Å²) in [6.45, 7) is 3.19. The van der Waals surface area contributed by atoms with Crippen molar-refractivity contribution in [1.29, 1.82) is 0 Å². The Bertz CT molecular complexity index is 715. The molecule has 0 saturated heterocycles. The van der Waals surface area contributed by atoms with E-state index in [-0.39, 0.29) is 0 Å². The van der Waals surface area contributed by atoms with Gasteiger partial charge in [-0.25, -0.2) is 0 Å². The monoisotopic (exact) mass is 365 g/mol. The number of benzene rings is 2. The van der Waals surface area contributed by atoms with Crippen molar-refractivity contribution < 1.29 is 9.84 Å². The van der Waals surface area contributed by atoms with Crippen LogP contribution in [-0.4, -0.2) is 30.4 Å². The molecule has 3 nitrogen and oxygen atoms in total. The van der Waals surface area contributed by atoms with Gasteiger partial charge in [0.2, 0.25) is 0 Å². The minimum Gasteiger partial charge on any atom is -0.491 e. The molecular formula is C24H31NO2. The van der Waals surface area contributed by atoms with E-state index in [2.05, 4.69) is 36.5 Å². The predicted octanol–water partition coefficient (Wildman–Crippen LogP) is 4.51. The first-order valence-corrected chi connectivity index (χ1v) is 10.4. The molecule has 2 aromatic rings. The van der Waals surface area contributed by atoms with Crippen LogP contribution < -0.4 is 10.1 Å². The highest BCUT2D eigenvalue weighted by molar-refractivity contribution is 5.63. The van der Waals surface area contributed by atoms with Crippen molar-refractivity contribution in [3.63, 3.8) is 0 Å². The third-order valence-electron chi connectivity index (χ3n) is 6.51. The SMILES string of the molecule is C[C@H](NC[C@@H](O)COc1ccc(-c2ccccc2)cc1)[C@@H]1C[C@@H]2CC[C@@H]1C2. The van der Waals surface area contributed by atoms with Gasteiger partial charge in [-0.2, -0.15) is 0 Å². The highest BCUT2D eigenvalue weighted by Crippen LogP contribution is 2.49. The molecule has 2 N–H and O–H groups in total. The van der Waals surface area contributed by atoms with Crippen molar-refractivity contribution in [3.05, 3.63) is 54.6 Å². The molecule has 144 valence electrons. The molecule has 0 aliphatic heterocycles. The summed E-state index contributed by atoms with van der Waals surface area (Å²) in [7, 11) is 0. The minimum absolute atomic E-state index is 0.321. The zero-order valence-corrected chi connectivity index (χ0v) is 16.2. The van der Waals surface area contributed by atoms with Crippen LogP contribution in [0, 0.1) is 17.8 Å². The van der Waals surface area contributed by atoms with Gasteiger partial charge in [0.1, 0.15) is 18.5 Å². The molecule has 0 amide bonds. The van der Waals surface area contributed by atoms with Gasteiger partial charge < -0.3 is 15.2 Å². The molecule has 2 fully saturated rings. The van der Waals surface area contributed by atoms with Crippen LogP contribution in [0.4, 0.5) is 0 Å². The van der Waals surface area contributed by atoms with Crippen LogP contribution in [0.5, 0.6) is 5.75 Å². The van der Waals surface area contributed by atoms with Crippen molar-refractivity contribution >= 4 is 0 Å². The molecule has 2 aromatic carbocycles. The largest absolute Gasteiger partial charge is 0.491 e. The van der Waals surface area contributed by atoms with E-state index >= 15 is 0 Å². The summed E-state index contributed by atoms with van der Waals surface area (Å²) in [5.74, 6) is 3.47. The van der Waals surface area contributed by atoms with Gasteiger partial charge in [0, 0.05) is 12.6 Å². The smallest absolute Gasteiger partial charge is 0.119 e. The highest BCUT2D eigenvalue weighted by Gasteiger charge is 2.41. The summed E-state index contributed by atoms with van der Waals surface area (Å²) in [6.07, 6.45) is 5.17. The van der Waals surface area contributed by atoms with Crippen LogP contribution in [0.15, 0.2) is 54.6 Å². The van der Waals surface area contributed by atoms with E-state index in [0.717, 1.165) is 23.5 Å². The lowest BCUT2D eigenvalue weighted by atomic mass is 9.84. The maximum absolute atomic E-state index is 10.3. The number of nitrogens with one attached hydrogen (secondary N) is 1. The van der Waals surface area contributed by atoms with Crippen LogP contribution in [0.2, 0.25) is 0 Å². The number of hydrogen-bond acceptors (Lipinski definition) is 3. The van der Waals surface area contributed by atoms with E-state index < -0.39 is 6.10 Å². The second-order valence-electron chi connectivity index (χ2n) is 8.39. The van der Waals surface area contributed by atoms with E-state index in [1.54, 1.807) is 0 Å². The average molecular weight is 366 g/mol. The molecule has 4 rings (SSSR count). The molecule has 5 atom stereocenters. The normalized spacial score (nSPS) is 26.1. The molecule has 0 heterocycles. The standard InChI is InChI=1S/C24H31NO2/c1-17(24-14-18-7-8-21(24)13-18)25-15-22(26)16-27-23-11-9-20(10-12-23)19-5-3-2-4-6-19/h2-6,9-12,17-18,21-22,24-26H,7-8,13-16H2,1H3/t17-,18+,21+,22+,24-/m0/s1. The zero-order chi connectivity index (χ0) is 18.6. The zero-order valence-electron chi connectivity index (χ0n) is 16.2. The number of fused-ring (bicyclic) bond motifs is 2. The van der Waals surface area contributed by atoms with Gasteiger partial charge in [-0.05, 0) is 67.2 Å². The molecule has 2 saturated carbocycles. The Morgan fingerprint density at radius 3 is 2.41 bits per heavy atom. The predicted molar refractivity (Wildman–Crippen MR) is 110 cm³/mol. The van der Waals surface area contributed by atoms with Crippen LogP contribution >= 0.6 is 0 Å².